The van der Waals surface area contributed by atoms with Crippen LogP contribution in [0.5, 0.6) is 0 Å². The summed E-state index contributed by atoms with van der Waals surface area (Å²) in [7, 11) is -3.52. The maximum Gasteiger partial charge on any atom is 0.243 e. The minimum absolute atomic E-state index is 0. The minimum Gasteiger partial charge on any atom is -0.340 e. The van der Waals surface area contributed by atoms with Crippen LogP contribution >= 0.6 is 12.4 Å². The molecule has 1 aliphatic heterocycles. The van der Waals surface area contributed by atoms with Crippen molar-refractivity contribution in [1.82, 2.24) is 9.21 Å². The Kier molecular flexibility index (Phi) is 7.87. The first-order valence-electron chi connectivity index (χ1n) is 8.42. The Morgan fingerprint density at radius 1 is 1.16 bits per heavy atom. The topological polar surface area (TPSA) is 83.7 Å². The van der Waals surface area contributed by atoms with Gasteiger partial charge in [0, 0.05) is 26.2 Å². The molecule has 1 aliphatic rings. The maximum atomic E-state index is 12.7. The van der Waals surface area contributed by atoms with E-state index >= 15 is 0 Å². The molecular formula is C17H28ClN3O3S. The molecule has 1 heterocycles. The molecule has 0 bridgehead atoms. The van der Waals surface area contributed by atoms with Crippen molar-refractivity contribution >= 4 is 28.3 Å². The number of rotatable bonds is 5. The Labute approximate surface area is 156 Å². The first-order chi connectivity index (χ1) is 11.3. The number of hydrogen-bond donors (Lipinski definition) is 1. The van der Waals surface area contributed by atoms with Gasteiger partial charge in [0.25, 0.3) is 0 Å². The second-order valence-corrected chi connectivity index (χ2v) is 8.47. The van der Waals surface area contributed by atoms with Crippen LogP contribution < -0.4 is 5.73 Å². The molecule has 1 saturated heterocycles. The van der Waals surface area contributed by atoms with E-state index in [1.54, 1.807) is 42.2 Å². The third kappa shape index (κ3) is 5.17. The normalized spacial score (nSPS) is 18.8. The van der Waals surface area contributed by atoms with E-state index < -0.39 is 15.6 Å². The van der Waals surface area contributed by atoms with Crippen molar-refractivity contribution in [2.45, 2.75) is 43.5 Å². The lowest BCUT2D eigenvalue weighted by atomic mass is 9.95. The number of benzene rings is 1. The van der Waals surface area contributed by atoms with E-state index in [1.165, 1.54) is 4.31 Å². The summed E-state index contributed by atoms with van der Waals surface area (Å²) in [4.78, 5) is 14.6. The molecule has 142 valence electrons. The molecule has 25 heavy (non-hydrogen) atoms. The van der Waals surface area contributed by atoms with E-state index in [9.17, 15) is 13.2 Å². The molecule has 1 aromatic rings. The highest BCUT2D eigenvalue weighted by atomic mass is 35.5. The molecule has 8 heteroatoms. The zero-order chi connectivity index (χ0) is 17.8. The average molecular weight is 390 g/mol. The molecule has 1 amide bonds. The number of sulfonamides is 1. The van der Waals surface area contributed by atoms with E-state index in [2.05, 4.69) is 0 Å². The van der Waals surface area contributed by atoms with Crippen LogP contribution in [0.1, 0.15) is 33.1 Å². The molecule has 1 unspecified atom stereocenters. The summed E-state index contributed by atoms with van der Waals surface area (Å²) in [6, 6.07) is 8.41. The van der Waals surface area contributed by atoms with Crippen LogP contribution in [0.3, 0.4) is 0 Å². The molecule has 1 fully saturated rings. The van der Waals surface area contributed by atoms with Crippen molar-refractivity contribution < 1.29 is 13.2 Å². The molecule has 2 N–H and O–H groups in total. The fourth-order valence-electron chi connectivity index (χ4n) is 3.07. The third-order valence-corrected chi connectivity index (χ3v) is 6.29. The first-order valence-corrected chi connectivity index (χ1v) is 9.86. The van der Waals surface area contributed by atoms with Gasteiger partial charge < -0.3 is 10.6 Å². The summed E-state index contributed by atoms with van der Waals surface area (Å²) in [6.07, 6.45) is 2.06. The summed E-state index contributed by atoms with van der Waals surface area (Å²) in [5, 5.41) is 0. The third-order valence-electron chi connectivity index (χ3n) is 4.38. The van der Waals surface area contributed by atoms with Crippen molar-refractivity contribution in [2.24, 2.45) is 5.73 Å². The van der Waals surface area contributed by atoms with Gasteiger partial charge >= 0.3 is 0 Å². The second kappa shape index (κ2) is 8.98. The van der Waals surface area contributed by atoms with Gasteiger partial charge in [-0.05, 0) is 31.9 Å². The van der Waals surface area contributed by atoms with Gasteiger partial charge in [0.05, 0.1) is 10.4 Å². The van der Waals surface area contributed by atoms with Gasteiger partial charge in [0.2, 0.25) is 15.9 Å². The van der Waals surface area contributed by atoms with Crippen LogP contribution in [0.4, 0.5) is 0 Å². The summed E-state index contributed by atoms with van der Waals surface area (Å²) in [5.74, 6) is -0.0942. The summed E-state index contributed by atoms with van der Waals surface area (Å²) in [6.45, 7) is 5.37. The van der Waals surface area contributed by atoms with Crippen molar-refractivity contribution in [3.05, 3.63) is 30.3 Å². The van der Waals surface area contributed by atoms with Crippen LogP contribution in [0.2, 0.25) is 0 Å². The molecule has 0 aromatic heterocycles. The van der Waals surface area contributed by atoms with E-state index in [0.717, 1.165) is 6.42 Å². The van der Waals surface area contributed by atoms with Crippen molar-refractivity contribution in [3.8, 4) is 0 Å². The van der Waals surface area contributed by atoms with Crippen molar-refractivity contribution in [3.63, 3.8) is 0 Å². The molecule has 1 aromatic carbocycles. The van der Waals surface area contributed by atoms with E-state index in [1.807, 2.05) is 6.92 Å². The highest BCUT2D eigenvalue weighted by Crippen LogP contribution is 2.19. The highest BCUT2D eigenvalue weighted by molar-refractivity contribution is 7.89. The Hall–Kier alpha value is -1.15. The number of hydrogen-bond acceptors (Lipinski definition) is 4. The van der Waals surface area contributed by atoms with Crippen LogP contribution in [-0.4, -0.2) is 55.2 Å². The number of nitrogens with zero attached hydrogens (tertiary/aromatic N) is 2. The van der Waals surface area contributed by atoms with Gasteiger partial charge in [0.15, 0.2) is 0 Å². The molecule has 0 spiro atoms. The predicted molar refractivity (Wildman–Crippen MR) is 101 cm³/mol. The van der Waals surface area contributed by atoms with E-state index in [-0.39, 0.29) is 18.3 Å². The fraction of sp³-hybridized carbons (Fsp3) is 0.588. The fourth-order valence-corrected chi connectivity index (χ4v) is 4.56. The summed E-state index contributed by atoms with van der Waals surface area (Å²) in [5.41, 5.74) is 5.25. The molecule has 6 nitrogen and oxygen atoms in total. The van der Waals surface area contributed by atoms with Crippen LogP contribution in [0.15, 0.2) is 35.2 Å². The van der Waals surface area contributed by atoms with E-state index in [0.29, 0.717) is 43.9 Å². The molecule has 0 saturated carbocycles. The molecule has 1 atom stereocenters. The lowest BCUT2D eigenvalue weighted by Gasteiger charge is -2.31. The Morgan fingerprint density at radius 3 is 2.40 bits per heavy atom. The molecule has 2 rings (SSSR count). The molecular weight excluding hydrogens is 362 g/mol. The minimum atomic E-state index is -3.52. The Morgan fingerprint density at radius 2 is 1.80 bits per heavy atom. The SMILES string of the molecule is CCCC(C)(N)C(=O)N1CCCN(S(=O)(=O)c2ccccc2)CC1.Cl. The van der Waals surface area contributed by atoms with Gasteiger partial charge in [0.1, 0.15) is 0 Å². The number of nitrogens with two attached hydrogens (primary N) is 1. The van der Waals surface area contributed by atoms with Crippen molar-refractivity contribution in [1.29, 1.82) is 0 Å². The van der Waals surface area contributed by atoms with Gasteiger partial charge in [-0.15, -0.1) is 12.4 Å². The largest absolute Gasteiger partial charge is 0.340 e. The van der Waals surface area contributed by atoms with Crippen LogP contribution in [0, 0.1) is 0 Å². The standard InChI is InChI=1S/C17H27N3O3S.ClH/c1-3-10-17(2,18)16(21)19-11-7-12-20(14-13-19)24(22,23)15-8-5-4-6-9-15;/h4-6,8-9H,3,7,10-14,18H2,1-2H3;1H. The van der Waals surface area contributed by atoms with Gasteiger partial charge in [-0.3, -0.25) is 4.79 Å². The molecule has 0 aliphatic carbocycles. The second-order valence-electron chi connectivity index (χ2n) is 6.53. The quantitative estimate of drug-likeness (QED) is 0.832. The average Bonchev–Trinajstić information content (AvgIpc) is 2.81. The first kappa shape index (κ1) is 21.9. The lowest BCUT2D eigenvalue weighted by molar-refractivity contribution is -0.136. The highest BCUT2D eigenvalue weighted by Gasteiger charge is 2.34. The Bertz CT molecular complexity index is 665. The van der Waals surface area contributed by atoms with Crippen molar-refractivity contribution in [2.75, 3.05) is 26.2 Å². The van der Waals surface area contributed by atoms with Gasteiger partial charge in [-0.2, -0.15) is 4.31 Å². The molecule has 0 radical (unpaired) electrons. The predicted octanol–water partition coefficient (Wildman–Crippen LogP) is 1.85. The monoisotopic (exact) mass is 389 g/mol. The van der Waals surface area contributed by atoms with Gasteiger partial charge in [-0.25, -0.2) is 8.42 Å². The van der Waals surface area contributed by atoms with Gasteiger partial charge in [-0.1, -0.05) is 31.5 Å². The number of halogens is 1. The van der Waals surface area contributed by atoms with Crippen LogP contribution in [0.25, 0.3) is 0 Å². The number of amides is 1. The maximum absolute atomic E-state index is 12.7. The van der Waals surface area contributed by atoms with Crippen LogP contribution in [-0.2, 0) is 14.8 Å². The summed E-state index contributed by atoms with van der Waals surface area (Å²) < 4.78 is 26.9. The number of carbonyl (C=O) groups is 1. The zero-order valence-electron chi connectivity index (χ0n) is 14.8. The smallest absolute Gasteiger partial charge is 0.243 e. The Balaban J connectivity index is 0.00000312. The zero-order valence-corrected chi connectivity index (χ0v) is 16.5. The summed E-state index contributed by atoms with van der Waals surface area (Å²) >= 11 is 0. The van der Waals surface area contributed by atoms with E-state index in [4.69, 9.17) is 5.73 Å². The number of carbonyl (C=O) groups excluding carboxylic acids is 1. The lowest BCUT2D eigenvalue weighted by Crippen LogP contribution is -2.54.